The zero-order valence-electron chi connectivity index (χ0n) is 20.2. The third-order valence-electron chi connectivity index (χ3n) is 5.63. The number of carbonyl (C=O) groups is 1. The molecular formula is C28H36N4O. The Labute approximate surface area is 197 Å². The van der Waals surface area contributed by atoms with Gasteiger partial charge in [-0.15, -0.1) is 0 Å². The number of nitrogens with two attached hydrogens (primary N) is 1. The van der Waals surface area contributed by atoms with Crippen LogP contribution in [0.15, 0.2) is 60.7 Å². The summed E-state index contributed by atoms with van der Waals surface area (Å²) in [5.41, 5.74) is 11.0. The second kappa shape index (κ2) is 11.7. The number of anilines is 1. The maximum atomic E-state index is 12.2. The number of rotatable bonds is 10. The molecule has 0 saturated heterocycles. The summed E-state index contributed by atoms with van der Waals surface area (Å²) < 4.78 is 0. The first-order valence-electron chi connectivity index (χ1n) is 11.9. The third-order valence-corrected chi connectivity index (χ3v) is 5.63. The van der Waals surface area contributed by atoms with Gasteiger partial charge in [-0.05, 0) is 54.9 Å². The monoisotopic (exact) mass is 444 g/mol. The first kappa shape index (κ1) is 24.6. The van der Waals surface area contributed by atoms with Crippen molar-refractivity contribution in [1.29, 1.82) is 0 Å². The van der Waals surface area contributed by atoms with Crippen molar-refractivity contribution in [2.75, 3.05) is 5.32 Å². The molecule has 0 radical (unpaired) electrons. The van der Waals surface area contributed by atoms with E-state index in [1.54, 1.807) is 0 Å². The Balaban J connectivity index is 1.75. The van der Waals surface area contributed by atoms with Gasteiger partial charge >= 0.3 is 0 Å². The molecule has 0 spiro atoms. The van der Waals surface area contributed by atoms with Gasteiger partial charge in [-0.3, -0.25) is 4.79 Å². The van der Waals surface area contributed by atoms with Crippen molar-refractivity contribution in [3.05, 3.63) is 77.7 Å². The Bertz CT molecular complexity index is 1030. The normalized spacial score (nSPS) is 12.2. The molecule has 1 amide bonds. The number of benzene rings is 2. The van der Waals surface area contributed by atoms with Gasteiger partial charge in [-0.1, -0.05) is 70.2 Å². The lowest BCUT2D eigenvalue weighted by Crippen LogP contribution is -2.39. The van der Waals surface area contributed by atoms with Crippen molar-refractivity contribution < 1.29 is 4.79 Å². The van der Waals surface area contributed by atoms with E-state index in [0.717, 1.165) is 54.1 Å². The molecule has 3 aromatic rings. The van der Waals surface area contributed by atoms with Crippen LogP contribution in [0.4, 0.5) is 5.69 Å². The highest BCUT2D eigenvalue weighted by Crippen LogP contribution is 2.22. The van der Waals surface area contributed by atoms with E-state index in [4.69, 9.17) is 15.7 Å². The molecule has 0 aliphatic rings. The van der Waals surface area contributed by atoms with Crippen LogP contribution in [0.1, 0.15) is 51.2 Å². The zero-order valence-corrected chi connectivity index (χ0v) is 20.2. The number of hydrogen-bond donors (Lipinski definition) is 2. The van der Waals surface area contributed by atoms with Crippen LogP contribution in [-0.4, -0.2) is 21.9 Å². The molecular weight excluding hydrogens is 408 g/mol. The van der Waals surface area contributed by atoms with E-state index in [1.807, 2.05) is 44.2 Å². The fraction of sp³-hybridized carbons (Fsp3) is 0.393. The van der Waals surface area contributed by atoms with Gasteiger partial charge in [0.1, 0.15) is 5.82 Å². The summed E-state index contributed by atoms with van der Waals surface area (Å²) in [4.78, 5) is 21.9. The number of amides is 1. The lowest BCUT2D eigenvalue weighted by Gasteiger charge is -2.15. The average Bonchev–Trinajstić information content (AvgIpc) is 2.79. The molecule has 1 aromatic heterocycles. The fourth-order valence-electron chi connectivity index (χ4n) is 3.66. The number of nitrogens with one attached hydrogen (secondary N) is 1. The Hall–Kier alpha value is -3.05. The summed E-state index contributed by atoms with van der Waals surface area (Å²) in [5.74, 6) is 1.29. The van der Waals surface area contributed by atoms with Gasteiger partial charge in [0.2, 0.25) is 5.91 Å². The molecule has 33 heavy (non-hydrogen) atoms. The van der Waals surface area contributed by atoms with Gasteiger partial charge < -0.3 is 11.1 Å². The molecule has 0 fully saturated rings. The van der Waals surface area contributed by atoms with Crippen LogP contribution in [0.2, 0.25) is 0 Å². The number of carbonyl (C=O) groups excluding carboxylic acids is 1. The van der Waals surface area contributed by atoms with E-state index in [0.29, 0.717) is 5.92 Å². The minimum Gasteiger partial charge on any atom is -0.325 e. The topological polar surface area (TPSA) is 80.9 Å². The Kier molecular flexibility index (Phi) is 8.72. The lowest BCUT2D eigenvalue weighted by atomic mass is 10.0. The molecule has 3 rings (SSSR count). The first-order valence-corrected chi connectivity index (χ1v) is 11.9. The highest BCUT2D eigenvalue weighted by molar-refractivity contribution is 5.95. The van der Waals surface area contributed by atoms with Gasteiger partial charge in [0.05, 0.1) is 11.7 Å². The molecule has 5 nitrogen and oxygen atoms in total. The standard InChI is InChI=1S/C28H36N4O/c1-19(2)17-26-30-24(12-8-11-21-9-6-5-7-10-21)18-25(32-26)22-13-15-23(16-14-22)31-28(33)27(29)20(3)4/h5-7,9-10,13-16,18-20,27H,8,11-12,17,29H2,1-4H3,(H,31,33)/t27-/m0/s1. The second-order valence-corrected chi connectivity index (χ2v) is 9.43. The van der Waals surface area contributed by atoms with E-state index < -0.39 is 6.04 Å². The molecule has 1 atom stereocenters. The van der Waals surface area contributed by atoms with Crippen molar-refractivity contribution in [1.82, 2.24) is 9.97 Å². The summed E-state index contributed by atoms with van der Waals surface area (Å²) in [6, 6.07) is 19.9. The number of aryl methyl sites for hydroxylation is 2. The summed E-state index contributed by atoms with van der Waals surface area (Å²) >= 11 is 0. The van der Waals surface area contributed by atoms with E-state index in [1.165, 1.54) is 5.56 Å². The van der Waals surface area contributed by atoms with Crippen molar-refractivity contribution in [3.63, 3.8) is 0 Å². The average molecular weight is 445 g/mol. The van der Waals surface area contributed by atoms with Gasteiger partial charge in [0, 0.05) is 23.4 Å². The molecule has 0 saturated carbocycles. The highest BCUT2D eigenvalue weighted by Gasteiger charge is 2.17. The highest BCUT2D eigenvalue weighted by atomic mass is 16.2. The molecule has 3 N–H and O–H groups in total. The van der Waals surface area contributed by atoms with Crippen LogP contribution >= 0.6 is 0 Å². The minimum absolute atomic E-state index is 0.0879. The SMILES string of the molecule is CC(C)Cc1nc(CCCc2ccccc2)cc(-c2ccc(NC(=O)[C@@H](N)C(C)C)cc2)n1. The zero-order chi connectivity index (χ0) is 23.8. The molecule has 5 heteroatoms. The van der Waals surface area contributed by atoms with Crippen molar-refractivity contribution in [3.8, 4) is 11.3 Å². The third kappa shape index (κ3) is 7.50. The minimum atomic E-state index is -0.524. The summed E-state index contributed by atoms with van der Waals surface area (Å²) in [7, 11) is 0. The maximum Gasteiger partial charge on any atom is 0.241 e. The van der Waals surface area contributed by atoms with Crippen LogP contribution in [0.3, 0.4) is 0 Å². The Morgan fingerprint density at radius 3 is 2.27 bits per heavy atom. The molecule has 174 valence electrons. The molecule has 2 aromatic carbocycles. The molecule has 0 aliphatic carbocycles. The maximum absolute atomic E-state index is 12.2. The molecule has 1 heterocycles. The predicted molar refractivity (Wildman–Crippen MR) is 136 cm³/mol. The Morgan fingerprint density at radius 1 is 0.939 bits per heavy atom. The van der Waals surface area contributed by atoms with Crippen LogP contribution < -0.4 is 11.1 Å². The van der Waals surface area contributed by atoms with Crippen molar-refractivity contribution >= 4 is 11.6 Å². The second-order valence-electron chi connectivity index (χ2n) is 9.43. The van der Waals surface area contributed by atoms with Crippen molar-refractivity contribution in [2.45, 2.75) is 59.4 Å². The van der Waals surface area contributed by atoms with E-state index in [2.05, 4.69) is 49.5 Å². The number of aromatic nitrogens is 2. The molecule has 0 bridgehead atoms. The number of nitrogens with zero attached hydrogens (tertiary/aromatic N) is 2. The summed E-state index contributed by atoms with van der Waals surface area (Å²) in [6.45, 7) is 8.25. The first-order chi connectivity index (χ1) is 15.8. The summed E-state index contributed by atoms with van der Waals surface area (Å²) in [5, 5.41) is 2.90. The van der Waals surface area contributed by atoms with Crippen molar-refractivity contribution in [2.24, 2.45) is 17.6 Å². The van der Waals surface area contributed by atoms with Crippen LogP contribution in [0, 0.1) is 11.8 Å². The number of hydrogen-bond acceptors (Lipinski definition) is 4. The largest absolute Gasteiger partial charge is 0.325 e. The fourth-order valence-corrected chi connectivity index (χ4v) is 3.66. The van der Waals surface area contributed by atoms with Gasteiger partial charge in [0.15, 0.2) is 0 Å². The Morgan fingerprint density at radius 2 is 1.64 bits per heavy atom. The lowest BCUT2D eigenvalue weighted by molar-refractivity contribution is -0.118. The van der Waals surface area contributed by atoms with Crippen LogP contribution in [0.5, 0.6) is 0 Å². The van der Waals surface area contributed by atoms with Crippen LogP contribution in [0.25, 0.3) is 11.3 Å². The van der Waals surface area contributed by atoms with E-state index in [-0.39, 0.29) is 11.8 Å². The van der Waals surface area contributed by atoms with Gasteiger partial charge in [0.25, 0.3) is 0 Å². The van der Waals surface area contributed by atoms with Gasteiger partial charge in [-0.2, -0.15) is 0 Å². The predicted octanol–water partition coefficient (Wildman–Crippen LogP) is 5.44. The smallest absolute Gasteiger partial charge is 0.241 e. The van der Waals surface area contributed by atoms with Crippen LogP contribution in [-0.2, 0) is 24.1 Å². The van der Waals surface area contributed by atoms with Gasteiger partial charge in [-0.25, -0.2) is 9.97 Å². The van der Waals surface area contributed by atoms with E-state index in [9.17, 15) is 4.79 Å². The molecule has 0 aliphatic heterocycles. The van der Waals surface area contributed by atoms with E-state index >= 15 is 0 Å². The summed E-state index contributed by atoms with van der Waals surface area (Å²) in [6.07, 6.45) is 3.84. The molecule has 0 unspecified atom stereocenters. The quantitative estimate of drug-likeness (QED) is 0.436.